The van der Waals surface area contributed by atoms with Gasteiger partial charge in [0.25, 0.3) is 0 Å². The summed E-state index contributed by atoms with van der Waals surface area (Å²) < 4.78 is 5.03. The standard InChI is InChI=1S/C7H14O5/c1-3-5(10)6(11)7(12-3)4(9)2-8/h3-11H,2H2,1H3/t3-,4-,5+,6-,7+/m1/s1. The summed E-state index contributed by atoms with van der Waals surface area (Å²) in [6, 6.07) is 0. The Balaban J connectivity index is 2.58. The highest BCUT2D eigenvalue weighted by molar-refractivity contribution is 4.91. The highest BCUT2D eigenvalue weighted by atomic mass is 16.6. The van der Waals surface area contributed by atoms with Gasteiger partial charge in [0.15, 0.2) is 0 Å². The maximum Gasteiger partial charge on any atom is 0.115 e. The number of aliphatic hydroxyl groups excluding tert-OH is 4. The van der Waals surface area contributed by atoms with E-state index in [1.165, 1.54) is 0 Å². The first kappa shape index (κ1) is 9.88. The molecule has 0 unspecified atom stereocenters. The van der Waals surface area contributed by atoms with Gasteiger partial charge in [0, 0.05) is 0 Å². The number of hydrogen-bond acceptors (Lipinski definition) is 5. The fourth-order valence-electron chi connectivity index (χ4n) is 1.30. The molecule has 0 bridgehead atoms. The van der Waals surface area contributed by atoms with Gasteiger partial charge in [-0.05, 0) is 6.92 Å². The molecular weight excluding hydrogens is 164 g/mol. The Labute approximate surface area is 70.2 Å². The molecule has 0 saturated carbocycles. The molecule has 1 rings (SSSR count). The van der Waals surface area contributed by atoms with Gasteiger partial charge >= 0.3 is 0 Å². The van der Waals surface area contributed by atoms with Gasteiger partial charge in [0.2, 0.25) is 0 Å². The maximum atomic E-state index is 9.28. The van der Waals surface area contributed by atoms with Crippen molar-refractivity contribution in [3.63, 3.8) is 0 Å². The first-order valence-corrected chi connectivity index (χ1v) is 3.88. The van der Waals surface area contributed by atoms with E-state index in [1.54, 1.807) is 6.92 Å². The minimum atomic E-state index is -1.14. The Bertz CT molecular complexity index is 151. The van der Waals surface area contributed by atoms with Gasteiger partial charge in [-0.15, -0.1) is 0 Å². The largest absolute Gasteiger partial charge is 0.394 e. The van der Waals surface area contributed by atoms with E-state index in [0.29, 0.717) is 0 Å². The molecule has 0 aromatic rings. The molecule has 0 amide bonds. The van der Waals surface area contributed by atoms with E-state index >= 15 is 0 Å². The van der Waals surface area contributed by atoms with Crippen LogP contribution in [0.25, 0.3) is 0 Å². The summed E-state index contributed by atoms with van der Waals surface area (Å²) in [6.07, 6.45) is -4.65. The third kappa shape index (κ3) is 1.60. The first-order valence-electron chi connectivity index (χ1n) is 3.88. The molecule has 0 radical (unpaired) electrons. The molecule has 5 nitrogen and oxygen atoms in total. The van der Waals surface area contributed by atoms with Gasteiger partial charge in [-0.1, -0.05) is 0 Å². The molecule has 1 heterocycles. The van der Waals surface area contributed by atoms with E-state index in [2.05, 4.69) is 0 Å². The average Bonchev–Trinajstić information content (AvgIpc) is 2.32. The van der Waals surface area contributed by atoms with Crippen molar-refractivity contribution in [2.24, 2.45) is 0 Å². The summed E-state index contributed by atoms with van der Waals surface area (Å²) in [5, 5.41) is 36.2. The fraction of sp³-hybridized carbons (Fsp3) is 1.00. The SMILES string of the molecule is C[C@H]1O[C@@H]([C@H](O)CO)[C@H](O)[C@H]1O. The zero-order chi connectivity index (χ0) is 9.30. The Morgan fingerprint density at radius 2 is 1.92 bits per heavy atom. The predicted octanol–water partition coefficient (Wildman–Crippen LogP) is -2.15. The van der Waals surface area contributed by atoms with E-state index in [4.69, 9.17) is 14.9 Å². The van der Waals surface area contributed by atoms with Gasteiger partial charge in [-0.2, -0.15) is 0 Å². The van der Waals surface area contributed by atoms with Crippen molar-refractivity contribution >= 4 is 0 Å². The lowest BCUT2D eigenvalue weighted by atomic mass is 10.1. The summed E-state index contributed by atoms with van der Waals surface area (Å²) in [6.45, 7) is 1.11. The van der Waals surface area contributed by atoms with Gasteiger partial charge in [-0.25, -0.2) is 0 Å². The van der Waals surface area contributed by atoms with E-state index in [1.807, 2.05) is 0 Å². The van der Waals surface area contributed by atoms with Gasteiger partial charge in [0.1, 0.15) is 24.4 Å². The molecule has 5 heteroatoms. The molecule has 5 atom stereocenters. The van der Waals surface area contributed by atoms with Crippen LogP contribution in [0.2, 0.25) is 0 Å². The smallest absolute Gasteiger partial charge is 0.115 e. The van der Waals surface area contributed by atoms with Crippen LogP contribution >= 0.6 is 0 Å². The van der Waals surface area contributed by atoms with Crippen molar-refractivity contribution in [3.8, 4) is 0 Å². The van der Waals surface area contributed by atoms with Crippen molar-refractivity contribution < 1.29 is 25.2 Å². The lowest BCUT2D eigenvalue weighted by Gasteiger charge is -2.18. The third-order valence-corrected chi connectivity index (χ3v) is 2.11. The van der Waals surface area contributed by atoms with Crippen molar-refractivity contribution in [1.29, 1.82) is 0 Å². The Morgan fingerprint density at radius 3 is 2.25 bits per heavy atom. The van der Waals surface area contributed by atoms with Crippen LogP contribution in [0.5, 0.6) is 0 Å². The molecule has 1 saturated heterocycles. The molecule has 72 valence electrons. The zero-order valence-electron chi connectivity index (χ0n) is 6.79. The van der Waals surface area contributed by atoms with Crippen LogP contribution in [0.4, 0.5) is 0 Å². The molecule has 0 spiro atoms. The zero-order valence-corrected chi connectivity index (χ0v) is 6.79. The van der Waals surface area contributed by atoms with E-state index in [0.717, 1.165) is 0 Å². The van der Waals surface area contributed by atoms with Crippen LogP contribution in [-0.4, -0.2) is 57.6 Å². The Kier molecular flexibility index (Phi) is 3.03. The second-order valence-electron chi connectivity index (χ2n) is 3.04. The van der Waals surface area contributed by atoms with Crippen LogP contribution in [0.15, 0.2) is 0 Å². The summed E-state index contributed by atoms with van der Waals surface area (Å²) >= 11 is 0. The van der Waals surface area contributed by atoms with Crippen molar-refractivity contribution in [2.75, 3.05) is 6.61 Å². The highest BCUT2D eigenvalue weighted by Gasteiger charge is 2.43. The second kappa shape index (κ2) is 3.68. The molecular formula is C7H14O5. The summed E-state index contributed by atoms with van der Waals surface area (Å²) in [5.74, 6) is 0. The second-order valence-corrected chi connectivity index (χ2v) is 3.04. The Hall–Kier alpha value is -0.200. The maximum absolute atomic E-state index is 9.28. The highest BCUT2D eigenvalue weighted by Crippen LogP contribution is 2.22. The van der Waals surface area contributed by atoms with Crippen LogP contribution < -0.4 is 0 Å². The first-order chi connectivity index (χ1) is 5.57. The minimum Gasteiger partial charge on any atom is -0.394 e. The van der Waals surface area contributed by atoms with Crippen LogP contribution in [-0.2, 0) is 4.74 Å². The Morgan fingerprint density at radius 1 is 1.33 bits per heavy atom. The van der Waals surface area contributed by atoms with Gasteiger partial charge in [0.05, 0.1) is 12.7 Å². The lowest BCUT2D eigenvalue weighted by Crippen LogP contribution is -2.40. The van der Waals surface area contributed by atoms with Crippen LogP contribution in [0.1, 0.15) is 6.92 Å². The molecule has 1 aliphatic heterocycles. The van der Waals surface area contributed by atoms with Crippen molar-refractivity contribution in [2.45, 2.75) is 37.4 Å². The number of rotatable bonds is 2. The molecule has 1 aliphatic rings. The summed E-state index contributed by atoms with van der Waals surface area (Å²) in [4.78, 5) is 0. The van der Waals surface area contributed by atoms with Crippen molar-refractivity contribution in [1.82, 2.24) is 0 Å². The average molecular weight is 178 g/mol. The number of ether oxygens (including phenoxy) is 1. The molecule has 0 aromatic carbocycles. The molecule has 12 heavy (non-hydrogen) atoms. The minimum absolute atomic E-state index is 0.485. The predicted molar refractivity (Wildman–Crippen MR) is 39.4 cm³/mol. The van der Waals surface area contributed by atoms with E-state index in [-0.39, 0.29) is 0 Å². The monoisotopic (exact) mass is 178 g/mol. The lowest BCUT2D eigenvalue weighted by molar-refractivity contribution is -0.0786. The molecule has 0 aliphatic carbocycles. The summed E-state index contributed by atoms with van der Waals surface area (Å²) in [7, 11) is 0. The van der Waals surface area contributed by atoms with Gasteiger partial charge < -0.3 is 25.2 Å². The number of aliphatic hydroxyl groups is 4. The third-order valence-electron chi connectivity index (χ3n) is 2.11. The molecule has 4 N–H and O–H groups in total. The quantitative estimate of drug-likeness (QED) is 0.387. The van der Waals surface area contributed by atoms with E-state index in [9.17, 15) is 10.2 Å². The fourth-order valence-corrected chi connectivity index (χ4v) is 1.30. The van der Waals surface area contributed by atoms with Gasteiger partial charge in [-0.3, -0.25) is 0 Å². The molecule has 1 fully saturated rings. The van der Waals surface area contributed by atoms with Crippen molar-refractivity contribution in [3.05, 3.63) is 0 Å². The topological polar surface area (TPSA) is 90.2 Å². The van der Waals surface area contributed by atoms with Crippen LogP contribution in [0.3, 0.4) is 0 Å². The number of hydrogen-bond donors (Lipinski definition) is 4. The molecule has 0 aromatic heterocycles. The van der Waals surface area contributed by atoms with E-state index < -0.39 is 37.1 Å². The summed E-state index contributed by atoms with van der Waals surface area (Å²) in [5.41, 5.74) is 0. The van der Waals surface area contributed by atoms with Crippen LogP contribution in [0, 0.1) is 0 Å². The normalized spacial score (nSPS) is 44.8.